The van der Waals surface area contributed by atoms with Gasteiger partial charge in [-0.1, -0.05) is 0 Å². The lowest BCUT2D eigenvalue weighted by Gasteiger charge is -1.93. The molecule has 1 rings (SSSR count). The first-order chi connectivity index (χ1) is 5.36. The van der Waals surface area contributed by atoms with Gasteiger partial charge in [0.15, 0.2) is 0 Å². The van der Waals surface area contributed by atoms with Gasteiger partial charge in [-0.15, -0.1) is 0 Å². The van der Waals surface area contributed by atoms with E-state index in [2.05, 4.69) is 4.84 Å². The fraction of sp³-hybridized carbons (Fsp3) is 0.429. The summed E-state index contributed by atoms with van der Waals surface area (Å²) in [5, 5.41) is 0. The van der Waals surface area contributed by atoms with Crippen LogP contribution in [0.2, 0.25) is 0 Å². The summed E-state index contributed by atoms with van der Waals surface area (Å²) in [5.74, 6) is 6.34. The number of hydrogen-bond donors (Lipinski definition) is 1. The molecule has 0 aliphatic heterocycles. The maximum Gasteiger partial charge on any atom is 0.132 e. The molecule has 0 aliphatic carbocycles. The van der Waals surface area contributed by atoms with Gasteiger partial charge in [-0.25, -0.2) is 5.90 Å². The molecule has 62 valence electrons. The Bertz CT molecular complexity index is 189. The Labute approximate surface area is 64.8 Å². The molecule has 1 aromatic heterocycles. The normalized spacial score (nSPS) is 10.4. The maximum atomic E-state index is 5.23. The van der Waals surface area contributed by atoms with E-state index in [4.69, 9.17) is 15.1 Å². The summed E-state index contributed by atoms with van der Waals surface area (Å²) in [4.78, 5) is 4.38. The van der Waals surface area contributed by atoms with E-state index in [0.29, 0.717) is 19.0 Å². The predicted molar refractivity (Wildman–Crippen MR) is 38.4 cm³/mol. The van der Waals surface area contributed by atoms with Crippen LogP contribution in [0.3, 0.4) is 0 Å². The SMILES string of the molecule is COCc1ccc(CON)o1. The van der Waals surface area contributed by atoms with Gasteiger partial charge in [0, 0.05) is 7.11 Å². The second kappa shape index (κ2) is 4.12. The van der Waals surface area contributed by atoms with E-state index >= 15 is 0 Å². The van der Waals surface area contributed by atoms with Gasteiger partial charge in [0.05, 0.1) is 0 Å². The van der Waals surface area contributed by atoms with Gasteiger partial charge in [-0.2, -0.15) is 0 Å². The summed E-state index contributed by atoms with van der Waals surface area (Å²) in [5.41, 5.74) is 0. The fourth-order valence-electron chi connectivity index (χ4n) is 0.802. The van der Waals surface area contributed by atoms with E-state index in [1.807, 2.05) is 6.07 Å². The molecule has 1 heterocycles. The van der Waals surface area contributed by atoms with Crippen molar-refractivity contribution >= 4 is 0 Å². The Kier molecular flexibility index (Phi) is 3.10. The van der Waals surface area contributed by atoms with E-state index in [-0.39, 0.29) is 0 Å². The molecule has 2 N–H and O–H groups in total. The van der Waals surface area contributed by atoms with E-state index < -0.39 is 0 Å². The van der Waals surface area contributed by atoms with Crippen molar-refractivity contribution in [1.29, 1.82) is 0 Å². The summed E-state index contributed by atoms with van der Waals surface area (Å²) in [7, 11) is 1.61. The van der Waals surface area contributed by atoms with Crippen LogP contribution in [0, 0.1) is 0 Å². The van der Waals surface area contributed by atoms with Crippen LogP contribution in [0.25, 0.3) is 0 Å². The second-order valence-electron chi connectivity index (χ2n) is 2.11. The third-order valence-electron chi connectivity index (χ3n) is 1.23. The molecule has 0 aliphatic rings. The van der Waals surface area contributed by atoms with Crippen molar-refractivity contribution in [2.45, 2.75) is 13.2 Å². The second-order valence-corrected chi connectivity index (χ2v) is 2.11. The Balaban J connectivity index is 2.51. The Morgan fingerprint density at radius 2 is 2.00 bits per heavy atom. The molecular weight excluding hydrogens is 146 g/mol. The highest BCUT2D eigenvalue weighted by Gasteiger charge is 1.99. The van der Waals surface area contributed by atoms with Crippen molar-refractivity contribution in [2.24, 2.45) is 5.90 Å². The van der Waals surface area contributed by atoms with Gasteiger partial charge in [-0.3, -0.25) is 4.84 Å². The van der Waals surface area contributed by atoms with Gasteiger partial charge in [-0.05, 0) is 12.1 Å². The van der Waals surface area contributed by atoms with Crippen molar-refractivity contribution in [3.05, 3.63) is 23.7 Å². The fourth-order valence-corrected chi connectivity index (χ4v) is 0.802. The summed E-state index contributed by atoms with van der Waals surface area (Å²) < 4.78 is 10.1. The van der Waals surface area contributed by atoms with Crippen LogP contribution in [0.5, 0.6) is 0 Å². The van der Waals surface area contributed by atoms with Crippen LogP contribution >= 0.6 is 0 Å². The lowest BCUT2D eigenvalue weighted by Crippen LogP contribution is -1.97. The van der Waals surface area contributed by atoms with Crippen molar-refractivity contribution < 1.29 is 14.0 Å². The zero-order chi connectivity index (χ0) is 8.10. The summed E-state index contributed by atoms with van der Waals surface area (Å²) in [6.07, 6.45) is 0. The minimum Gasteiger partial charge on any atom is -0.461 e. The molecule has 0 aromatic carbocycles. The minimum absolute atomic E-state index is 0.295. The zero-order valence-electron chi connectivity index (χ0n) is 6.37. The molecule has 0 saturated heterocycles. The van der Waals surface area contributed by atoms with Crippen LogP contribution in [0.1, 0.15) is 11.5 Å². The smallest absolute Gasteiger partial charge is 0.132 e. The van der Waals surface area contributed by atoms with Crippen LogP contribution in [0.15, 0.2) is 16.5 Å². The van der Waals surface area contributed by atoms with Gasteiger partial charge >= 0.3 is 0 Å². The number of ether oxygens (including phenoxy) is 1. The first-order valence-electron chi connectivity index (χ1n) is 3.25. The molecule has 0 amide bonds. The summed E-state index contributed by atoms with van der Waals surface area (Å²) in [6, 6.07) is 3.64. The van der Waals surface area contributed by atoms with Gasteiger partial charge < -0.3 is 9.15 Å². The van der Waals surface area contributed by atoms with Crippen LogP contribution in [0.4, 0.5) is 0 Å². The van der Waals surface area contributed by atoms with E-state index in [0.717, 1.165) is 5.76 Å². The highest BCUT2D eigenvalue weighted by atomic mass is 16.6. The quantitative estimate of drug-likeness (QED) is 0.657. The van der Waals surface area contributed by atoms with Crippen molar-refractivity contribution in [2.75, 3.05) is 7.11 Å². The largest absolute Gasteiger partial charge is 0.461 e. The number of rotatable bonds is 4. The topological polar surface area (TPSA) is 57.6 Å². The lowest BCUT2D eigenvalue weighted by molar-refractivity contribution is 0.103. The van der Waals surface area contributed by atoms with Crippen LogP contribution < -0.4 is 5.90 Å². The molecule has 0 unspecified atom stereocenters. The number of nitrogens with two attached hydrogens (primary N) is 1. The molecule has 4 heteroatoms. The average molecular weight is 157 g/mol. The van der Waals surface area contributed by atoms with E-state index in [1.165, 1.54) is 0 Å². The van der Waals surface area contributed by atoms with Crippen molar-refractivity contribution in [3.63, 3.8) is 0 Å². The minimum atomic E-state index is 0.295. The molecule has 1 aromatic rings. The van der Waals surface area contributed by atoms with Gasteiger partial charge in [0.1, 0.15) is 24.7 Å². The van der Waals surface area contributed by atoms with Crippen LogP contribution in [-0.4, -0.2) is 7.11 Å². The Morgan fingerprint density at radius 3 is 2.55 bits per heavy atom. The predicted octanol–water partition coefficient (Wildman–Crippen LogP) is 0.816. The molecule has 0 radical (unpaired) electrons. The molecule has 4 nitrogen and oxygen atoms in total. The van der Waals surface area contributed by atoms with E-state index in [9.17, 15) is 0 Å². The Morgan fingerprint density at radius 1 is 1.36 bits per heavy atom. The molecular formula is C7H11NO3. The number of furan rings is 1. The third-order valence-corrected chi connectivity index (χ3v) is 1.23. The zero-order valence-corrected chi connectivity index (χ0v) is 6.37. The Hall–Kier alpha value is -0.840. The van der Waals surface area contributed by atoms with E-state index in [1.54, 1.807) is 13.2 Å². The van der Waals surface area contributed by atoms with Crippen molar-refractivity contribution in [3.8, 4) is 0 Å². The molecule has 0 fully saturated rings. The molecule has 0 atom stereocenters. The number of methoxy groups -OCH3 is 1. The summed E-state index contributed by atoms with van der Waals surface area (Å²) >= 11 is 0. The van der Waals surface area contributed by atoms with Gasteiger partial charge in [0.25, 0.3) is 0 Å². The van der Waals surface area contributed by atoms with Crippen molar-refractivity contribution in [1.82, 2.24) is 0 Å². The molecule has 11 heavy (non-hydrogen) atoms. The maximum absolute atomic E-state index is 5.23. The van der Waals surface area contributed by atoms with Gasteiger partial charge in [0.2, 0.25) is 0 Å². The molecule has 0 saturated carbocycles. The highest BCUT2D eigenvalue weighted by molar-refractivity contribution is 5.05. The first kappa shape index (κ1) is 8.26. The summed E-state index contributed by atoms with van der Waals surface area (Å²) in [6.45, 7) is 0.772. The monoisotopic (exact) mass is 157 g/mol. The standard InChI is InChI=1S/C7H11NO3/c1-9-4-6-2-3-7(11-6)5-10-8/h2-3H,4-5,8H2,1H3. The molecule has 0 spiro atoms. The third kappa shape index (κ3) is 2.34. The highest BCUT2D eigenvalue weighted by Crippen LogP contribution is 2.08. The first-order valence-corrected chi connectivity index (χ1v) is 3.25. The molecule has 0 bridgehead atoms. The lowest BCUT2D eigenvalue weighted by atomic mass is 10.4. The number of hydrogen-bond acceptors (Lipinski definition) is 4. The van der Waals surface area contributed by atoms with Crippen LogP contribution in [-0.2, 0) is 22.8 Å². The average Bonchev–Trinajstić information content (AvgIpc) is 2.38.